The van der Waals surface area contributed by atoms with Gasteiger partial charge < -0.3 is 4.90 Å². The normalized spacial score (nSPS) is 16.9. The molecule has 1 aliphatic heterocycles. The maximum absolute atomic E-state index is 8.72. The number of aromatic nitrogens is 2. The fraction of sp³-hybridized carbons (Fsp3) is 0.500. The molecule has 1 fully saturated rings. The molecule has 0 aliphatic carbocycles. The molecule has 0 amide bonds. The van der Waals surface area contributed by atoms with E-state index in [9.17, 15) is 0 Å². The number of hydrogen-bond acceptors (Lipinski definition) is 5. The van der Waals surface area contributed by atoms with E-state index in [1.807, 2.05) is 5.48 Å². The summed E-state index contributed by atoms with van der Waals surface area (Å²) in [5.41, 5.74) is 3.10. The van der Waals surface area contributed by atoms with Crippen LogP contribution in [0.3, 0.4) is 0 Å². The Morgan fingerprint density at radius 2 is 2.00 bits per heavy atom. The van der Waals surface area contributed by atoms with Crippen molar-refractivity contribution in [1.29, 1.82) is 0 Å². The van der Waals surface area contributed by atoms with Gasteiger partial charge in [0.2, 0.25) is 5.95 Å². The van der Waals surface area contributed by atoms with Gasteiger partial charge >= 0.3 is 0 Å². The van der Waals surface area contributed by atoms with E-state index >= 15 is 0 Å². The Labute approximate surface area is 101 Å². The van der Waals surface area contributed by atoms with Crippen LogP contribution in [0.5, 0.6) is 0 Å². The van der Waals surface area contributed by atoms with E-state index in [-0.39, 0.29) is 0 Å². The van der Waals surface area contributed by atoms with Crippen LogP contribution in [-0.2, 0) is 0 Å². The third-order valence-electron chi connectivity index (χ3n) is 3.19. The SMILES string of the molecule is C=C(NO)c1cnc(N2CCC(C)CC2)nc1. The second-order valence-corrected chi connectivity index (χ2v) is 4.53. The molecule has 0 saturated carbocycles. The molecule has 2 N–H and O–H groups in total. The number of piperidine rings is 1. The van der Waals surface area contributed by atoms with Crippen LogP contribution in [-0.4, -0.2) is 28.3 Å². The number of nitrogens with zero attached hydrogens (tertiary/aromatic N) is 3. The molecule has 0 spiro atoms. The van der Waals surface area contributed by atoms with Crippen LogP contribution in [0.4, 0.5) is 5.95 Å². The Hall–Kier alpha value is -1.62. The monoisotopic (exact) mass is 234 g/mol. The molecule has 2 heterocycles. The van der Waals surface area contributed by atoms with Gasteiger partial charge in [0.1, 0.15) is 0 Å². The predicted molar refractivity (Wildman–Crippen MR) is 66.6 cm³/mol. The van der Waals surface area contributed by atoms with Crippen molar-refractivity contribution in [2.24, 2.45) is 5.92 Å². The lowest BCUT2D eigenvalue weighted by Gasteiger charge is -2.30. The van der Waals surface area contributed by atoms with Crippen LogP contribution in [0, 0.1) is 5.92 Å². The van der Waals surface area contributed by atoms with E-state index in [0.29, 0.717) is 11.3 Å². The van der Waals surface area contributed by atoms with Crippen molar-refractivity contribution in [2.75, 3.05) is 18.0 Å². The highest BCUT2D eigenvalue weighted by Gasteiger charge is 2.17. The van der Waals surface area contributed by atoms with Gasteiger partial charge in [0.15, 0.2) is 0 Å². The van der Waals surface area contributed by atoms with Crippen molar-refractivity contribution in [3.63, 3.8) is 0 Å². The Bertz CT molecular complexity index is 382. The Morgan fingerprint density at radius 3 is 2.53 bits per heavy atom. The molecule has 1 aliphatic rings. The van der Waals surface area contributed by atoms with E-state index in [1.165, 1.54) is 12.8 Å². The average molecular weight is 234 g/mol. The van der Waals surface area contributed by atoms with Crippen LogP contribution in [0.25, 0.3) is 5.70 Å². The average Bonchev–Trinajstić information content (AvgIpc) is 2.39. The zero-order valence-corrected chi connectivity index (χ0v) is 10.1. The van der Waals surface area contributed by atoms with E-state index in [1.54, 1.807) is 12.4 Å². The zero-order valence-electron chi connectivity index (χ0n) is 10.1. The molecule has 5 nitrogen and oxygen atoms in total. The summed E-state index contributed by atoms with van der Waals surface area (Å²) in [7, 11) is 0. The first kappa shape index (κ1) is 11.9. The van der Waals surface area contributed by atoms with Crippen molar-refractivity contribution < 1.29 is 5.21 Å². The minimum Gasteiger partial charge on any atom is -0.341 e. The topological polar surface area (TPSA) is 61.3 Å². The molecule has 2 rings (SSSR count). The second kappa shape index (κ2) is 5.14. The maximum atomic E-state index is 8.72. The lowest BCUT2D eigenvalue weighted by atomic mass is 10.00. The molecule has 17 heavy (non-hydrogen) atoms. The van der Waals surface area contributed by atoms with E-state index in [4.69, 9.17) is 5.21 Å². The number of nitrogens with one attached hydrogen (secondary N) is 1. The number of rotatable bonds is 3. The minimum absolute atomic E-state index is 0.406. The maximum Gasteiger partial charge on any atom is 0.225 e. The molecule has 1 saturated heterocycles. The van der Waals surface area contributed by atoms with Gasteiger partial charge in [-0.3, -0.25) is 10.7 Å². The van der Waals surface area contributed by atoms with Gasteiger partial charge in [-0.05, 0) is 18.8 Å². The molecular formula is C12H18N4O. The van der Waals surface area contributed by atoms with Gasteiger partial charge in [-0.15, -0.1) is 0 Å². The van der Waals surface area contributed by atoms with Gasteiger partial charge in [0.25, 0.3) is 0 Å². The summed E-state index contributed by atoms with van der Waals surface area (Å²) in [5, 5.41) is 8.72. The van der Waals surface area contributed by atoms with Crippen LogP contribution >= 0.6 is 0 Å². The quantitative estimate of drug-likeness (QED) is 0.779. The van der Waals surface area contributed by atoms with Crippen LogP contribution in [0.2, 0.25) is 0 Å². The molecule has 1 aromatic heterocycles. The molecule has 0 atom stereocenters. The van der Waals surface area contributed by atoms with Gasteiger partial charge in [0.05, 0.1) is 5.70 Å². The standard InChI is InChI=1S/C12H18N4O/c1-9-3-5-16(6-4-9)12-13-7-11(8-14-12)10(2)15-17/h7-9,15,17H,2-6H2,1H3. The lowest BCUT2D eigenvalue weighted by molar-refractivity contribution is 0.225. The Morgan fingerprint density at radius 1 is 1.41 bits per heavy atom. The van der Waals surface area contributed by atoms with E-state index < -0.39 is 0 Å². The zero-order chi connectivity index (χ0) is 12.3. The van der Waals surface area contributed by atoms with Gasteiger partial charge in [-0.2, -0.15) is 0 Å². The summed E-state index contributed by atoms with van der Waals surface area (Å²) < 4.78 is 0. The summed E-state index contributed by atoms with van der Waals surface area (Å²) in [6.45, 7) is 7.94. The van der Waals surface area contributed by atoms with Gasteiger partial charge in [0, 0.05) is 31.0 Å². The molecule has 5 heteroatoms. The minimum atomic E-state index is 0.406. The number of hydrogen-bond donors (Lipinski definition) is 2. The summed E-state index contributed by atoms with van der Waals surface area (Å²) in [4.78, 5) is 10.8. The first-order valence-corrected chi connectivity index (χ1v) is 5.87. The summed E-state index contributed by atoms with van der Waals surface area (Å²) in [6, 6.07) is 0. The molecule has 0 radical (unpaired) electrons. The Kier molecular flexibility index (Phi) is 3.58. The van der Waals surface area contributed by atoms with Gasteiger partial charge in [-0.1, -0.05) is 13.5 Å². The summed E-state index contributed by atoms with van der Waals surface area (Å²) in [6.07, 6.45) is 5.73. The fourth-order valence-electron chi connectivity index (χ4n) is 1.91. The van der Waals surface area contributed by atoms with Crippen molar-refractivity contribution in [1.82, 2.24) is 15.4 Å². The van der Waals surface area contributed by atoms with E-state index in [2.05, 4.69) is 28.4 Å². The highest BCUT2D eigenvalue weighted by molar-refractivity contribution is 5.59. The first-order chi connectivity index (χ1) is 8.20. The molecule has 92 valence electrons. The third-order valence-corrected chi connectivity index (χ3v) is 3.19. The van der Waals surface area contributed by atoms with Crippen molar-refractivity contribution in [2.45, 2.75) is 19.8 Å². The lowest BCUT2D eigenvalue weighted by Crippen LogP contribution is -2.34. The Balaban J connectivity index is 2.05. The van der Waals surface area contributed by atoms with E-state index in [0.717, 1.165) is 25.0 Å². The number of anilines is 1. The fourth-order valence-corrected chi connectivity index (χ4v) is 1.91. The highest BCUT2D eigenvalue weighted by atomic mass is 16.5. The van der Waals surface area contributed by atoms with Crippen molar-refractivity contribution >= 4 is 11.6 Å². The summed E-state index contributed by atoms with van der Waals surface area (Å²) >= 11 is 0. The first-order valence-electron chi connectivity index (χ1n) is 5.87. The molecule has 0 bridgehead atoms. The van der Waals surface area contributed by atoms with Crippen molar-refractivity contribution in [3.05, 3.63) is 24.5 Å². The predicted octanol–water partition coefficient (Wildman–Crippen LogP) is 1.66. The summed E-state index contributed by atoms with van der Waals surface area (Å²) in [5.74, 6) is 1.55. The molecule has 1 aromatic rings. The van der Waals surface area contributed by atoms with Gasteiger partial charge in [-0.25, -0.2) is 9.97 Å². The molecular weight excluding hydrogens is 216 g/mol. The largest absolute Gasteiger partial charge is 0.341 e. The molecule has 0 aromatic carbocycles. The van der Waals surface area contributed by atoms with Crippen LogP contribution in [0.1, 0.15) is 25.3 Å². The third kappa shape index (κ3) is 2.74. The molecule has 0 unspecified atom stereocenters. The van der Waals surface area contributed by atoms with Crippen molar-refractivity contribution in [3.8, 4) is 0 Å². The highest BCUT2D eigenvalue weighted by Crippen LogP contribution is 2.20. The van der Waals surface area contributed by atoms with Crippen LogP contribution in [0.15, 0.2) is 19.0 Å². The second-order valence-electron chi connectivity index (χ2n) is 4.53. The van der Waals surface area contributed by atoms with Crippen LogP contribution < -0.4 is 10.4 Å². The smallest absolute Gasteiger partial charge is 0.225 e. The number of hydroxylamine groups is 1.